The van der Waals surface area contributed by atoms with Crippen LogP contribution in [0.25, 0.3) is 0 Å². The molecule has 0 saturated heterocycles. The van der Waals surface area contributed by atoms with Crippen molar-refractivity contribution in [1.29, 1.82) is 0 Å². The molecule has 0 aliphatic rings. The van der Waals surface area contributed by atoms with Crippen LogP contribution >= 0.6 is 0 Å². The van der Waals surface area contributed by atoms with Gasteiger partial charge in [0.25, 0.3) is 0 Å². The van der Waals surface area contributed by atoms with Crippen molar-refractivity contribution in [2.24, 2.45) is 0 Å². The number of anilines is 1. The molecule has 0 spiro atoms. The molecule has 0 aliphatic heterocycles. The first-order chi connectivity index (χ1) is 9.97. The van der Waals surface area contributed by atoms with E-state index >= 15 is 0 Å². The van der Waals surface area contributed by atoms with Gasteiger partial charge in [0, 0.05) is 16.8 Å². The number of hydrogen-bond donors (Lipinski definition) is 3. The fraction of sp³-hybridized carbons (Fsp3) is 0.538. The van der Waals surface area contributed by atoms with Crippen LogP contribution in [0.1, 0.15) is 41.4 Å². The van der Waals surface area contributed by atoms with Gasteiger partial charge in [-0.2, -0.15) is 0 Å². The second-order valence-electron chi connectivity index (χ2n) is 4.93. The third-order valence-electron chi connectivity index (χ3n) is 3.53. The summed E-state index contributed by atoms with van der Waals surface area (Å²) in [5.74, 6) is -0.568. The van der Waals surface area contributed by atoms with Crippen LogP contribution in [0, 0.1) is 6.92 Å². The molecule has 9 heteroatoms. The molecule has 0 amide bonds. The van der Waals surface area contributed by atoms with E-state index in [0.29, 0.717) is 0 Å². The molecule has 0 heterocycles. The molecule has 1 aromatic carbocycles. The third-order valence-corrected chi connectivity index (χ3v) is 7.01. The normalized spacial score (nSPS) is 15.5. The second kappa shape index (κ2) is 6.53. The molecular weight excluding hydrogens is 330 g/mol. The molecule has 0 saturated carbocycles. The highest BCUT2D eigenvalue weighted by molar-refractivity contribution is 7.91. The SMILES string of the molecule is CCS(=O)(=O)C(O)c1cc(N)cc(C(O)S(=O)(=O)CC)c1C. The fourth-order valence-corrected chi connectivity index (χ4v) is 3.89. The number of sulfone groups is 2. The van der Waals surface area contributed by atoms with Gasteiger partial charge in [0.1, 0.15) is 0 Å². The highest BCUT2D eigenvalue weighted by atomic mass is 32.2. The van der Waals surface area contributed by atoms with Crippen LogP contribution in [0.5, 0.6) is 0 Å². The molecule has 0 aliphatic carbocycles. The predicted octanol–water partition coefficient (Wildman–Crippen LogP) is 0.428. The predicted molar refractivity (Wildman–Crippen MR) is 84.4 cm³/mol. The molecule has 22 heavy (non-hydrogen) atoms. The van der Waals surface area contributed by atoms with Crippen molar-refractivity contribution in [3.63, 3.8) is 0 Å². The Bertz CT molecular complexity index is 694. The Labute approximate surface area is 130 Å². The van der Waals surface area contributed by atoms with Crippen LogP contribution in [-0.4, -0.2) is 38.6 Å². The number of aliphatic hydroxyl groups excluding tert-OH is 2. The average Bonchev–Trinajstić information content (AvgIpc) is 2.47. The first-order valence-corrected chi connectivity index (χ1v) is 10.1. The van der Waals surface area contributed by atoms with E-state index in [1.807, 2.05) is 0 Å². The van der Waals surface area contributed by atoms with E-state index in [-0.39, 0.29) is 33.9 Å². The summed E-state index contributed by atoms with van der Waals surface area (Å²) in [5, 5.41) is 20.1. The molecule has 0 bridgehead atoms. The molecule has 4 N–H and O–H groups in total. The summed E-state index contributed by atoms with van der Waals surface area (Å²) in [6.45, 7) is 4.21. The van der Waals surface area contributed by atoms with Gasteiger partial charge in [-0.3, -0.25) is 0 Å². The summed E-state index contributed by atoms with van der Waals surface area (Å²) in [7, 11) is -7.61. The second-order valence-corrected chi connectivity index (χ2v) is 9.63. The quantitative estimate of drug-likeness (QED) is 0.632. The zero-order valence-electron chi connectivity index (χ0n) is 12.6. The maximum Gasteiger partial charge on any atom is 0.181 e. The topological polar surface area (TPSA) is 135 Å². The average molecular weight is 351 g/mol. The van der Waals surface area contributed by atoms with Gasteiger partial charge < -0.3 is 15.9 Å². The Morgan fingerprint density at radius 1 is 0.955 bits per heavy atom. The van der Waals surface area contributed by atoms with Crippen molar-refractivity contribution >= 4 is 25.4 Å². The van der Waals surface area contributed by atoms with Crippen molar-refractivity contribution in [2.45, 2.75) is 31.6 Å². The Morgan fingerprint density at radius 2 is 1.27 bits per heavy atom. The Morgan fingerprint density at radius 3 is 1.55 bits per heavy atom. The van der Waals surface area contributed by atoms with Crippen molar-refractivity contribution in [3.8, 4) is 0 Å². The largest absolute Gasteiger partial charge is 0.399 e. The van der Waals surface area contributed by atoms with Crippen LogP contribution < -0.4 is 5.73 Å². The summed E-state index contributed by atoms with van der Waals surface area (Å²) in [6, 6.07) is 2.53. The first kappa shape index (κ1) is 18.9. The highest BCUT2D eigenvalue weighted by Crippen LogP contribution is 2.33. The molecule has 1 rings (SSSR count). The lowest BCUT2D eigenvalue weighted by molar-refractivity contribution is 0.247. The Balaban J connectivity index is 3.55. The molecule has 0 aromatic heterocycles. The van der Waals surface area contributed by atoms with Gasteiger partial charge in [0.2, 0.25) is 0 Å². The number of benzene rings is 1. The fourth-order valence-electron chi connectivity index (χ4n) is 2.00. The molecule has 0 radical (unpaired) electrons. The van der Waals surface area contributed by atoms with Crippen molar-refractivity contribution in [2.75, 3.05) is 17.2 Å². The van der Waals surface area contributed by atoms with E-state index in [2.05, 4.69) is 0 Å². The Hall–Kier alpha value is -1.16. The Kier molecular flexibility index (Phi) is 5.61. The zero-order valence-corrected chi connectivity index (χ0v) is 14.3. The number of nitrogens with two attached hydrogens (primary N) is 1. The molecule has 2 atom stereocenters. The zero-order chi connectivity index (χ0) is 17.3. The van der Waals surface area contributed by atoms with Gasteiger partial charge in [-0.25, -0.2) is 16.8 Å². The van der Waals surface area contributed by atoms with Gasteiger partial charge >= 0.3 is 0 Å². The molecule has 2 unspecified atom stereocenters. The lowest BCUT2D eigenvalue weighted by Crippen LogP contribution is -2.20. The van der Waals surface area contributed by atoms with Gasteiger partial charge in [0.15, 0.2) is 30.5 Å². The van der Waals surface area contributed by atoms with E-state index in [9.17, 15) is 27.0 Å². The van der Waals surface area contributed by atoms with Crippen molar-refractivity contribution < 1.29 is 27.0 Å². The van der Waals surface area contributed by atoms with Crippen molar-refractivity contribution in [3.05, 3.63) is 28.8 Å². The lowest BCUT2D eigenvalue weighted by atomic mass is 10.0. The van der Waals surface area contributed by atoms with Gasteiger partial charge in [-0.1, -0.05) is 13.8 Å². The summed E-state index contributed by atoms with van der Waals surface area (Å²) in [6.07, 6.45) is 0. The van der Waals surface area contributed by atoms with E-state index in [0.717, 1.165) is 0 Å². The minimum Gasteiger partial charge on any atom is -0.399 e. The maximum absolute atomic E-state index is 11.8. The summed E-state index contributed by atoms with van der Waals surface area (Å²) < 4.78 is 47.3. The minimum atomic E-state index is -3.81. The molecule has 0 fully saturated rings. The number of hydrogen-bond acceptors (Lipinski definition) is 7. The monoisotopic (exact) mass is 351 g/mol. The first-order valence-electron chi connectivity index (χ1n) is 6.67. The molecular formula is C13H21NO6S2. The van der Waals surface area contributed by atoms with Crippen LogP contribution in [0.4, 0.5) is 5.69 Å². The van der Waals surface area contributed by atoms with Crippen LogP contribution in [0.2, 0.25) is 0 Å². The van der Waals surface area contributed by atoms with Crippen molar-refractivity contribution in [1.82, 2.24) is 0 Å². The molecule has 1 aromatic rings. The van der Waals surface area contributed by atoms with Crippen LogP contribution in [0.15, 0.2) is 12.1 Å². The number of nitrogen functional groups attached to an aromatic ring is 1. The van der Waals surface area contributed by atoms with Gasteiger partial charge in [-0.05, 0) is 24.6 Å². The van der Waals surface area contributed by atoms with Gasteiger partial charge in [0.05, 0.1) is 11.5 Å². The minimum absolute atomic E-state index is 0.0257. The van der Waals surface area contributed by atoms with Gasteiger partial charge in [-0.15, -0.1) is 0 Å². The highest BCUT2D eigenvalue weighted by Gasteiger charge is 2.30. The summed E-state index contributed by atoms with van der Waals surface area (Å²) in [5.41, 5.74) is 2.21. The van der Waals surface area contributed by atoms with E-state index in [1.165, 1.54) is 32.9 Å². The molecule has 7 nitrogen and oxygen atoms in total. The standard InChI is InChI=1S/C13H21NO6S2/c1-4-21(17,18)12(15)10-6-9(14)7-11(8(10)3)13(16)22(19,20)5-2/h6-7,12-13,15-16H,4-5,14H2,1-3H3. The van der Waals surface area contributed by atoms with Crippen LogP contribution in [-0.2, 0) is 19.7 Å². The number of rotatable bonds is 6. The van der Waals surface area contributed by atoms with E-state index < -0.39 is 30.5 Å². The maximum atomic E-state index is 11.8. The van der Waals surface area contributed by atoms with Crippen LogP contribution in [0.3, 0.4) is 0 Å². The smallest absolute Gasteiger partial charge is 0.181 e. The molecule has 126 valence electrons. The number of aliphatic hydroxyl groups is 2. The van der Waals surface area contributed by atoms with E-state index in [4.69, 9.17) is 5.73 Å². The van der Waals surface area contributed by atoms with E-state index in [1.54, 1.807) is 0 Å². The lowest BCUT2D eigenvalue weighted by Gasteiger charge is -2.20. The summed E-state index contributed by atoms with van der Waals surface area (Å²) >= 11 is 0. The third kappa shape index (κ3) is 3.60. The summed E-state index contributed by atoms with van der Waals surface area (Å²) in [4.78, 5) is 0.